The normalized spacial score (nSPS) is 10.1. The number of hydrogen-bond donors (Lipinski definition) is 1. The van der Waals surface area contributed by atoms with Crippen LogP contribution in [0, 0.1) is 0 Å². The molecular weight excluding hydrogens is 178 g/mol. The molecule has 4 nitrogen and oxygen atoms in total. The van der Waals surface area contributed by atoms with Crippen LogP contribution in [0.2, 0.25) is 0 Å². The van der Waals surface area contributed by atoms with E-state index in [0.717, 1.165) is 18.7 Å². The monoisotopic (exact) mass is 195 g/mol. The lowest BCUT2D eigenvalue weighted by Gasteiger charge is -2.17. The number of hydrogen-bond acceptors (Lipinski definition) is 3. The van der Waals surface area contributed by atoms with Crippen molar-refractivity contribution in [2.45, 2.75) is 26.2 Å². The summed E-state index contributed by atoms with van der Waals surface area (Å²) in [6, 6.07) is 1.57. The summed E-state index contributed by atoms with van der Waals surface area (Å²) in [5, 5.41) is 6.12. The zero-order valence-corrected chi connectivity index (χ0v) is 8.79. The van der Waals surface area contributed by atoms with Crippen LogP contribution in [0.3, 0.4) is 0 Å². The topological polar surface area (TPSA) is 49.0 Å². The molecule has 0 amide bonds. The van der Waals surface area contributed by atoms with Gasteiger partial charge in [0.05, 0.1) is 11.9 Å². The van der Waals surface area contributed by atoms with Gasteiger partial charge in [0.25, 0.3) is 5.56 Å². The summed E-state index contributed by atoms with van der Waals surface area (Å²) in [4.78, 5) is 13.0. The van der Waals surface area contributed by atoms with Gasteiger partial charge in [-0.3, -0.25) is 4.79 Å². The number of H-pyrrole nitrogens is 1. The second kappa shape index (κ2) is 5.42. The van der Waals surface area contributed by atoms with E-state index in [2.05, 4.69) is 22.0 Å². The zero-order valence-electron chi connectivity index (χ0n) is 8.79. The number of unbranched alkanes of at least 4 members (excludes halogenated alkanes) is 2. The maximum Gasteiger partial charge on any atom is 0.266 e. The van der Waals surface area contributed by atoms with Crippen LogP contribution in [-0.2, 0) is 0 Å². The minimum absolute atomic E-state index is 0.148. The minimum atomic E-state index is -0.148. The number of rotatable bonds is 5. The predicted octanol–water partition coefficient (Wildman–Crippen LogP) is 1.40. The third-order valence-electron chi connectivity index (χ3n) is 2.19. The molecule has 1 aromatic rings. The third-order valence-corrected chi connectivity index (χ3v) is 2.19. The Morgan fingerprint density at radius 2 is 2.29 bits per heavy atom. The second-order valence-electron chi connectivity index (χ2n) is 3.43. The molecule has 4 heteroatoms. The molecule has 0 atom stereocenters. The number of anilines is 1. The van der Waals surface area contributed by atoms with E-state index >= 15 is 0 Å². The molecule has 1 N–H and O–H groups in total. The highest BCUT2D eigenvalue weighted by Crippen LogP contribution is 2.07. The van der Waals surface area contributed by atoms with Crippen LogP contribution in [0.15, 0.2) is 17.1 Å². The molecule has 0 saturated carbocycles. The van der Waals surface area contributed by atoms with Gasteiger partial charge in [0.2, 0.25) is 0 Å². The maximum atomic E-state index is 11.0. The minimum Gasteiger partial charge on any atom is -0.373 e. The van der Waals surface area contributed by atoms with Gasteiger partial charge in [0, 0.05) is 19.7 Å². The Balaban J connectivity index is 2.51. The first-order valence-corrected chi connectivity index (χ1v) is 5.00. The van der Waals surface area contributed by atoms with Crippen molar-refractivity contribution < 1.29 is 0 Å². The third kappa shape index (κ3) is 3.20. The maximum absolute atomic E-state index is 11.0. The van der Waals surface area contributed by atoms with Crippen molar-refractivity contribution in [3.8, 4) is 0 Å². The Hall–Kier alpha value is -1.32. The molecule has 0 aliphatic rings. The average Bonchev–Trinajstić information content (AvgIpc) is 2.18. The van der Waals surface area contributed by atoms with E-state index in [1.165, 1.54) is 12.8 Å². The van der Waals surface area contributed by atoms with Crippen LogP contribution >= 0.6 is 0 Å². The molecule has 0 fully saturated rings. The molecule has 0 aromatic carbocycles. The van der Waals surface area contributed by atoms with Gasteiger partial charge >= 0.3 is 0 Å². The highest BCUT2D eigenvalue weighted by Gasteiger charge is 2.00. The van der Waals surface area contributed by atoms with E-state index in [-0.39, 0.29) is 5.56 Å². The fourth-order valence-corrected chi connectivity index (χ4v) is 1.30. The van der Waals surface area contributed by atoms with E-state index in [1.807, 2.05) is 7.05 Å². The van der Waals surface area contributed by atoms with Crippen molar-refractivity contribution in [1.82, 2.24) is 10.2 Å². The Labute approximate surface area is 84.0 Å². The Bertz CT molecular complexity index is 321. The summed E-state index contributed by atoms with van der Waals surface area (Å²) >= 11 is 0. The number of nitrogens with zero attached hydrogens (tertiary/aromatic N) is 2. The van der Waals surface area contributed by atoms with Gasteiger partial charge in [0.15, 0.2) is 0 Å². The SMILES string of the molecule is CCCCCN(C)c1cn[nH]c(=O)c1. The standard InChI is InChI=1S/C10H17N3O/c1-3-4-5-6-13(2)9-7-10(14)12-11-8-9/h7-8H,3-6H2,1-2H3,(H,12,14). The molecule has 0 aliphatic heterocycles. The molecule has 0 radical (unpaired) electrons. The van der Waals surface area contributed by atoms with E-state index < -0.39 is 0 Å². The Morgan fingerprint density at radius 3 is 2.93 bits per heavy atom. The number of aromatic amines is 1. The summed E-state index contributed by atoms with van der Waals surface area (Å²) in [5.74, 6) is 0. The average molecular weight is 195 g/mol. The summed E-state index contributed by atoms with van der Waals surface area (Å²) in [5.41, 5.74) is 0.731. The highest BCUT2D eigenvalue weighted by atomic mass is 16.1. The smallest absolute Gasteiger partial charge is 0.266 e. The molecule has 1 rings (SSSR count). The molecule has 0 unspecified atom stereocenters. The summed E-state index contributed by atoms with van der Waals surface area (Å²) in [6.07, 6.45) is 5.26. The van der Waals surface area contributed by atoms with Crippen LogP contribution in [0.5, 0.6) is 0 Å². The van der Waals surface area contributed by atoms with Crippen molar-refractivity contribution in [2.75, 3.05) is 18.5 Å². The quantitative estimate of drug-likeness (QED) is 0.722. The first kappa shape index (κ1) is 10.8. The van der Waals surface area contributed by atoms with Crippen molar-refractivity contribution in [3.05, 3.63) is 22.6 Å². The van der Waals surface area contributed by atoms with E-state index in [9.17, 15) is 4.79 Å². The van der Waals surface area contributed by atoms with Crippen molar-refractivity contribution in [1.29, 1.82) is 0 Å². The molecule has 1 aromatic heterocycles. The van der Waals surface area contributed by atoms with Crippen LogP contribution in [0.25, 0.3) is 0 Å². The van der Waals surface area contributed by atoms with Gasteiger partial charge in [0.1, 0.15) is 0 Å². The lowest BCUT2D eigenvalue weighted by molar-refractivity contribution is 0.703. The van der Waals surface area contributed by atoms with Gasteiger partial charge in [-0.1, -0.05) is 19.8 Å². The molecule has 0 bridgehead atoms. The zero-order chi connectivity index (χ0) is 10.4. The lowest BCUT2D eigenvalue weighted by Crippen LogP contribution is -2.21. The van der Waals surface area contributed by atoms with Gasteiger partial charge < -0.3 is 4.90 Å². The fraction of sp³-hybridized carbons (Fsp3) is 0.600. The van der Waals surface area contributed by atoms with Gasteiger partial charge in [-0.25, -0.2) is 5.10 Å². The van der Waals surface area contributed by atoms with Crippen LogP contribution < -0.4 is 10.5 Å². The predicted molar refractivity (Wildman–Crippen MR) is 57.7 cm³/mol. The molecular formula is C10H17N3O. The van der Waals surface area contributed by atoms with Crippen molar-refractivity contribution >= 4 is 5.69 Å². The first-order valence-electron chi connectivity index (χ1n) is 5.00. The number of nitrogens with one attached hydrogen (secondary N) is 1. The van der Waals surface area contributed by atoms with Crippen molar-refractivity contribution in [2.24, 2.45) is 0 Å². The van der Waals surface area contributed by atoms with Crippen LogP contribution in [-0.4, -0.2) is 23.8 Å². The summed E-state index contributed by atoms with van der Waals surface area (Å²) in [6.45, 7) is 3.15. The summed E-state index contributed by atoms with van der Waals surface area (Å²) in [7, 11) is 1.98. The first-order chi connectivity index (χ1) is 6.74. The van der Waals surface area contributed by atoms with Crippen LogP contribution in [0.1, 0.15) is 26.2 Å². The van der Waals surface area contributed by atoms with Crippen LogP contribution in [0.4, 0.5) is 5.69 Å². The highest BCUT2D eigenvalue weighted by molar-refractivity contribution is 5.41. The Kier molecular flexibility index (Phi) is 4.16. The molecule has 0 saturated heterocycles. The number of aromatic nitrogens is 2. The molecule has 0 spiro atoms. The molecule has 78 valence electrons. The largest absolute Gasteiger partial charge is 0.373 e. The summed E-state index contributed by atoms with van der Waals surface area (Å²) < 4.78 is 0. The Morgan fingerprint density at radius 1 is 1.50 bits per heavy atom. The van der Waals surface area contributed by atoms with E-state index in [0.29, 0.717) is 0 Å². The van der Waals surface area contributed by atoms with E-state index in [1.54, 1.807) is 12.3 Å². The lowest BCUT2D eigenvalue weighted by atomic mass is 10.2. The van der Waals surface area contributed by atoms with Gasteiger partial charge in [-0.15, -0.1) is 0 Å². The second-order valence-corrected chi connectivity index (χ2v) is 3.43. The molecule has 0 aliphatic carbocycles. The van der Waals surface area contributed by atoms with Gasteiger partial charge in [-0.2, -0.15) is 5.10 Å². The van der Waals surface area contributed by atoms with E-state index in [4.69, 9.17) is 0 Å². The van der Waals surface area contributed by atoms with Gasteiger partial charge in [-0.05, 0) is 6.42 Å². The fourth-order valence-electron chi connectivity index (χ4n) is 1.30. The van der Waals surface area contributed by atoms with Crippen molar-refractivity contribution in [3.63, 3.8) is 0 Å². The molecule has 1 heterocycles. The molecule has 14 heavy (non-hydrogen) atoms.